The molecule has 28 heavy (non-hydrogen) atoms. The Kier molecular flexibility index (Phi) is 6.37. The van der Waals surface area contributed by atoms with E-state index < -0.39 is 0 Å². The second-order valence-corrected chi connectivity index (χ2v) is 6.52. The van der Waals surface area contributed by atoms with E-state index in [9.17, 15) is 14.7 Å². The van der Waals surface area contributed by atoms with Gasteiger partial charge in [0.2, 0.25) is 0 Å². The highest BCUT2D eigenvalue weighted by molar-refractivity contribution is 5.94. The van der Waals surface area contributed by atoms with Crippen LogP contribution in [-0.2, 0) is 4.79 Å². The largest absolute Gasteiger partial charge is 0.508 e. The minimum absolute atomic E-state index is 0.0611. The van der Waals surface area contributed by atoms with E-state index in [4.69, 9.17) is 9.47 Å². The van der Waals surface area contributed by atoms with Crippen LogP contribution in [0.3, 0.4) is 0 Å². The third-order valence-electron chi connectivity index (χ3n) is 4.65. The summed E-state index contributed by atoms with van der Waals surface area (Å²) >= 11 is 0. The summed E-state index contributed by atoms with van der Waals surface area (Å²) in [7, 11) is 1.55. The highest BCUT2D eigenvalue weighted by atomic mass is 16.5. The predicted octanol–water partition coefficient (Wildman–Crippen LogP) is 2.15. The van der Waals surface area contributed by atoms with E-state index in [1.165, 1.54) is 12.1 Å². The van der Waals surface area contributed by atoms with Crippen LogP contribution in [0.4, 0.5) is 0 Å². The lowest BCUT2D eigenvalue weighted by molar-refractivity contribution is -0.133. The lowest BCUT2D eigenvalue weighted by Gasteiger charge is -2.22. The average Bonchev–Trinajstić information content (AvgIpc) is 2.98. The topological polar surface area (TPSA) is 79.3 Å². The molecule has 2 aromatic carbocycles. The van der Waals surface area contributed by atoms with Gasteiger partial charge in [-0.2, -0.15) is 0 Å². The molecule has 3 rings (SSSR count). The van der Waals surface area contributed by atoms with Crippen molar-refractivity contribution < 1.29 is 24.2 Å². The van der Waals surface area contributed by atoms with Gasteiger partial charge in [-0.15, -0.1) is 0 Å². The fourth-order valence-corrected chi connectivity index (χ4v) is 3.16. The van der Waals surface area contributed by atoms with Crippen molar-refractivity contribution in [3.05, 3.63) is 54.1 Å². The molecule has 0 aliphatic carbocycles. The molecule has 1 N–H and O–H groups in total. The molecule has 0 radical (unpaired) electrons. The molecule has 0 saturated carbocycles. The lowest BCUT2D eigenvalue weighted by atomic mass is 10.2. The van der Waals surface area contributed by atoms with Crippen LogP contribution in [0.15, 0.2) is 48.5 Å². The molecule has 0 aromatic heterocycles. The van der Waals surface area contributed by atoms with E-state index in [0.29, 0.717) is 49.7 Å². The summed E-state index contributed by atoms with van der Waals surface area (Å²) in [5.41, 5.74) is 0.444. The maximum Gasteiger partial charge on any atom is 0.260 e. The number of ether oxygens (including phenoxy) is 2. The first-order chi connectivity index (χ1) is 13.6. The number of amides is 2. The monoisotopic (exact) mass is 384 g/mol. The zero-order valence-electron chi connectivity index (χ0n) is 15.8. The summed E-state index contributed by atoms with van der Waals surface area (Å²) in [6, 6.07) is 13.5. The first-order valence-corrected chi connectivity index (χ1v) is 9.20. The Morgan fingerprint density at radius 1 is 0.964 bits per heavy atom. The summed E-state index contributed by atoms with van der Waals surface area (Å²) < 4.78 is 10.8. The van der Waals surface area contributed by atoms with Gasteiger partial charge in [0.1, 0.15) is 5.75 Å². The maximum absolute atomic E-state index is 12.6. The first kappa shape index (κ1) is 19.5. The third kappa shape index (κ3) is 4.73. The molecule has 0 atom stereocenters. The van der Waals surface area contributed by atoms with E-state index in [2.05, 4.69) is 0 Å². The van der Waals surface area contributed by atoms with Crippen molar-refractivity contribution >= 4 is 11.8 Å². The highest BCUT2D eigenvalue weighted by Crippen LogP contribution is 2.25. The molecule has 0 spiro atoms. The summed E-state index contributed by atoms with van der Waals surface area (Å²) in [6.45, 7) is 1.93. The number of carbonyl (C=O) groups excluding carboxylic acids is 2. The third-order valence-corrected chi connectivity index (χ3v) is 4.65. The molecule has 0 unspecified atom stereocenters. The van der Waals surface area contributed by atoms with Gasteiger partial charge in [-0.1, -0.05) is 18.2 Å². The van der Waals surface area contributed by atoms with Crippen LogP contribution in [0, 0.1) is 0 Å². The first-order valence-electron chi connectivity index (χ1n) is 9.20. The average molecular weight is 384 g/mol. The van der Waals surface area contributed by atoms with Gasteiger partial charge in [0.15, 0.2) is 18.1 Å². The molecule has 1 saturated heterocycles. The number of hydrogen-bond acceptors (Lipinski definition) is 5. The predicted molar refractivity (Wildman–Crippen MR) is 104 cm³/mol. The quantitative estimate of drug-likeness (QED) is 0.855. The van der Waals surface area contributed by atoms with Gasteiger partial charge in [-0.05, 0) is 36.8 Å². The van der Waals surface area contributed by atoms with Crippen LogP contribution < -0.4 is 9.47 Å². The molecule has 148 valence electrons. The van der Waals surface area contributed by atoms with Crippen LogP contribution in [-0.4, -0.2) is 66.6 Å². The number of para-hydroxylation sites is 2. The SMILES string of the molecule is COc1ccccc1OCC(=O)N1CCCN(C(=O)c2cccc(O)c2)CC1. The van der Waals surface area contributed by atoms with Crippen molar-refractivity contribution in [3.63, 3.8) is 0 Å². The van der Waals surface area contributed by atoms with Crippen molar-refractivity contribution in [3.8, 4) is 17.2 Å². The van der Waals surface area contributed by atoms with Gasteiger partial charge in [-0.3, -0.25) is 9.59 Å². The molecule has 0 bridgehead atoms. The number of methoxy groups -OCH3 is 1. The zero-order chi connectivity index (χ0) is 19.9. The van der Waals surface area contributed by atoms with E-state index >= 15 is 0 Å². The molecule has 7 heteroatoms. The van der Waals surface area contributed by atoms with Crippen molar-refractivity contribution in [2.75, 3.05) is 39.9 Å². The standard InChI is InChI=1S/C21H24N2O5/c1-27-18-8-2-3-9-19(18)28-15-20(25)22-10-5-11-23(13-12-22)21(26)16-6-4-7-17(24)14-16/h2-4,6-9,14,24H,5,10-13,15H2,1H3. The minimum atomic E-state index is -0.143. The smallest absolute Gasteiger partial charge is 0.260 e. The van der Waals surface area contributed by atoms with Crippen LogP contribution >= 0.6 is 0 Å². The minimum Gasteiger partial charge on any atom is -0.508 e. The number of rotatable bonds is 5. The fraction of sp³-hybridized carbons (Fsp3) is 0.333. The van der Waals surface area contributed by atoms with E-state index in [1.807, 2.05) is 12.1 Å². The lowest BCUT2D eigenvalue weighted by Crippen LogP contribution is -2.39. The van der Waals surface area contributed by atoms with Crippen molar-refractivity contribution in [1.82, 2.24) is 9.80 Å². The van der Waals surface area contributed by atoms with Gasteiger partial charge in [0.25, 0.3) is 11.8 Å². The number of aromatic hydroxyl groups is 1. The van der Waals surface area contributed by atoms with Crippen molar-refractivity contribution in [2.45, 2.75) is 6.42 Å². The van der Waals surface area contributed by atoms with Crippen LogP contribution in [0.5, 0.6) is 17.2 Å². The van der Waals surface area contributed by atoms with E-state index in [1.54, 1.807) is 41.2 Å². The molecule has 7 nitrogen and oxygen atoms in total. The highest BCUT2D eigenvalue weighted by Gasteiger charge is 2.23. The Morgan fingerprint density at radius 3 is 2.43 bits per heavy atom. The Balaban J connectivity index is 1.55. The van der Waals surface area contributed by atoms with Gasteiger partial charge in [0.05, 0.1) is 7.11 Å². The zero-order valence-corrected chi connectivity index (χ0v) is 15.8. The maximum atomic E-state index is 12.6. The van der Waals surface area contributed by atoms with Crippen molar-refractivity contribution in [2.24, 2.45) is 0 Å². The number of hydrogen-bond donors (Lipinski definition) is 1. The van der Waals surface area contributed by atoms with Crippen LogP contribution in [0.25, 0.3) is 0 Å². The number of benzene rings is 2. The summed E-state index contributed by atoms with van der Waals surface area (Å²) in [5.74, 6) is 0.891. The molecule has 2 aromatic rings. The number of phenols is 1. The molecule has 1 aliphatic rings. The Morgan fingerprint density at radius 2 is 1.68 bits per heavy atom. The Bertz CT molecular complexity index is 839. The van der Waals surface area contributed by atoms with Gasteiger partial charge in [-0.25, -0.2) is 0 Å². The van der Waals surface area contributed by atoms with E-state index in [0.717, 1.165) is 0 Å². The molecule has 1 fully saturated rings. The molecule has 1 heterocycles. The number of nitrogens with zero attached hydrogens (tertiary/aromatic N) is 2. The van der Waals surface area contributed by atoms with Gasteiger partial charge in [0, 0.05) is 31.7 Å². The Hall–Kier alpha value is -3.22. The molecular weight excluding hydrogens is 360 g/mol. The Labute approximate surface area is 164 Å². The van der Waals surface area contributed by atoms with Crippen LogP contribution in [0.2, 0.25) is 0 Å². The summed E-state index contributed by atoms with van der Waals surface area (Å²) in [4.78, 5) is 28.6. The molecular formula is C21H24N2O5. The normalized spacial score (nSPS) is 14.3. The molecule has 1 aliphatic heterocycles. The van der Waals surface area contributed by atoms with Crippen LogP contribution in [0.1, 0.15) is 16.8 Å². The van der Waals surface area contributed by atoms with Gasteiger partial charge < -0.3 is 24.4 Å². The second-order valence-electron chi connectivity index (χ2n) is 6.52. The summed E-state index contributed by atoms with van der Waals surface area (Å²) in [5, 5.41) is 9.57. The molecule has 2 amide bonds. The second kappa shape index (κ2) is 9.12. The van der Waals surface area contributed by atoms with E-state index in [-0.39, 0.29) is 24.2 Å². The van der Waals surface area contributed by atoms with Gasteiger partial charge >= 0.3 is 0 Å². The fourth-order valence-electron chi connectivity index (χ4n) is 3.16. The number of phenolic OH excluding ortho intramolecular Hbond substituents is 1. The van der Waals surface area contributed by atoms with Crippen molar-refractivity contribution in [1.29, 1.82) is 0 Å². The number of carbonyl (C=O) groups is 2. The summed E-state index contributed by atoms with van der Waals surface area (Å²) in [6.07, 6.45) is 0.685.